The Kier molecular flexibility index (Phi) is 3.78. The van der Waals surface area contributed by atoms with E-state index in [4.69, 9.17) is 4.74 Å². The molecule has 1 heterocycles. The average molecular weight is 328 g/mol. The lowest BCUT2D eigenvalue weighted by Crippen LogP contribution is -2.11. The number of nitrogens with one attached hydrogen (secondary N) is 1. The predicted octanol–water partition coefficient (Wildman–Crippen LogP) is 4.26. The highest BCUT2D eigenvalue weighted by Gasteiger charge is 2.02. The van der Waals surface area contributed by atoms with E-state index in [0.717, 1.165) is 33.1 Å². The summed E-state index contributed by atoms with van der Waals surface area (Å²) in [5.41, 5.74) is 2.72. The van der Waals surface area contributed by atoms with Gasteiger partial charge in [-0.15, -0.1) is 0 Å². The van der Waals surface area contributed by atoms with Crippen molar-refractivity contribution in [3.8, 4) is 5.75 Å². The van der Waals surface area contributed by atoms with Crippen LogP contribution >= 0.6 is 0 Å². The first-order chi connectivity index (χ1) is 12.2. The lowest BCUT2D eigenvalue weighted by molar-refractivity contribution is 0.415. The third-order valence-corrected chi connectivity index (χ3v) is 4.13. The highest BCUT2D eigenvalue weighted by Crippen LogP contribution is 2.22. The summed E-state index contributed by atoms with van der Waals surface area (Å²) in [5.74, 6) is 0.836. The fourth-order valence-corrected chi connectivity index (χ4v) is 2.80. The molecule has 0 unspecified atom stereocenters. The average Bonchev–Trinajstić information content (AvgIpc) is 2.65. The molecule has 0 saturated heterocycles. The number of methoxy groups -OCH3 is 1. The van der Waals surface area contributed by atoms with Crippen LogP contribution in [-0.2, 0) is 0 Å². The van der Waals surface area contributed by atoms with Gasteiger partial charge in [0.25, 0.3) is 5.56 Å². The highest BCUT2D eigenvalue weighted by molar-refractivity contribution is 5.87. The molecule has 4 rings (SSSR count). The smallest absolute Gasteiger partial charge is 0.274 e. The van der Waals surface area contributed by atoms with Crippen molar-refractivity contribution in [2.45, 2.75) is 0 Å². The van der Waals surface area contributed by atoms with Crippen molar-refractivity contribution in [3.05, 3.63) is 82.3 Å². The fourth-order valence-electron chi connectivity index (χ4n) is 2.80. The van der Waals surface area contributed by atoms with Crippen molar-refractivity contribution in [1.29, 1.82) is 0 Å². The van der Waals surface area contributed by atoms with Gasteiger partial charge in [0.15, 0.2) is 0 Å². The highest BCUT2D eigenvalue weighted by atomic mass is 16.5. The molecule has 0 atom stereocenters. The summed E-state index contributed by atoms with van der Waals surface area (Å²) < 4.78 is 5.25. The summed E-state index contributed by atoms with van der Waals surface area (Å²) >= 11 is 0. The number of H-pyrrole nitrogens is 1. The summed E-state index contributed by atoms with van der Waals surface area (Å²) in [4.78, 5) is 19.4. The molecule has 0 amide bonds. The fraction of sp³-hybridized carbons (Fsp3) is 0.0476. The van der Waals surface area contributed by atoms with E-state index < -0.39 is 0 Å². The molecule has 4 aromatic rings. The van der Waals surface area contributed by atoms with Gasteiger partial charge < -0.3 is 9.72 Å². The Morgan fingerprint density at radius 2 is 1.76 bits per heavy atom. The van der Waals surface area contributed by atoms with E-state index in [1.165, 1.54) is 0 Å². The normalized spacial score (nSPS) is 11.4. The number of benzene rings is 3. The van der Waals surface area contributed by atoms with Crippen LogP contribution < -0.4 is 10.3 Å². The van der Waals surface area contributed by atoms with Gasteiger partial charge in [-0.1, -0.05) is 36.4 Å². The van der Waals surface area contributed by atoms with Crippen LogP contribution in [0.25, 0.3) is 34.0 Å². The van der Waals surface area contributed by atoms with Crippen LogP contribution in [0, 0.1) is 0 Å². The van der Waals surface area contributed by atoms with Gasteiger partial charge in [0.2, 0.25) is 0 Å². The standard InChI is InChI=1S/C21H16N2O2/c1-25-17-10-9-15-12-14(6-8-16(15)13-17)7-11-20-21(24)23-19-5-3-2-4-18(19)22-20/h2-13H,1H3,(H,23,24)/b11-7+. The number of fused-ring (bicyclic) bond motifs is 2. The van der Waals surface area contributed by atoms with Crippen molar-refractivity contribution in [1.82, 2.24) is 9.97 Å². The Morgan fingerprint density at radius 3 is 2.64 bits per heavy atom. The molecular weight excluding hydrogens is 312 g/mol. The van der Waals surface area contributed by atoms with Gasteiger partial charge in [-0.2, -0.15) is 0 Å². The summed E-state index contributed by atoms with van der Waals surface area (Å²) in [5, 5.41) is 2.22. The van der Waals surface area contributed by atoms with E-state index in [-0.39, 0.29) is 5.56 Å². The minimum atomic E-state index is -0.194. The Morgan fingerprint density at radius 1 is 0.960 bits per heavy atom. The minimum absolute atomic E-state index is 0.194. The number of para-hydroxylation sites is 2. The second-order valence-electron chi connectivity index (χ2n) is 5.77. The molecule has 0 saturated carbocycles. The first-order valence-corrected chi connectivity index (χ1v) is 7.98. The third-order valence-electron chi connectivity index (χ3n) is 4.13. The zero-order chi connectivity index (χ0) is 17.2. The molecule has 0 spiro atoms. The molecule has 0 fully saturated rings. The van der Waals surface area contributed by atoms with E-state index in [1.807, 2.05) is 60.7 Å². The molecule has 1 aromatic heterocycles. The Balaban J connectivity index is 1.70. The molecule has 0 radical (unpaired) electrons. The topological polar surface area (TPSA) is 55.0 Å². The molecule has 0 aliphatic carbocycles. The molecular formula is C21H16N2O2. The first kappa shape index (κ1) is 15.1. The van der Waals surface area contributed by atoms with Gasteiger partial charge in [-0.3, -0.25) is 4.79 Å². The van der Waals surface area contributed by atoms with Crippen LogP contribution in [0.4, 0.5) is 0 Å². The number of hydrogen-bond donors (Lipinski definition) is 1. The van der Waals surface area contributed by atoms with Gasteiger partial charge in [-0.25, -0.2) is 4.98 Å². The monoisotopic (exact) mass is 328 g/mol. The zero-order valence-corrected chi connectivity index (χ0v) is 13.7. The number of aromatic nitrogens is 2. The van der Waals surface area contributed by atoms with E-state index in [0.29, 0.717) is 5.69 Å². The molecule has 122 valence electrons. The Hall–Kier alpha value is -3.40. The minimum Gasteiger partial charge on any atom is -0.497 e. The van der Waals surface area contributed by atoms with Crippen LogP contribution in [0.3, 0.4) is 0 Å². The Bertz CT molecular complexity index is 1160. The summed E-state index contributed by atoms with van der Waals surface area (Å²) in [6, 6.07) is 19.6. The number of nitrogens with zero attached hydrogens (tertiary/aromatic N) is 1. The summed E-state index contributed by atoms with van der Waals surface area (Å²) in [6.07, 6.45) is 3.64. The van der Waals surface area contributed by atoms with Crippen LogP contribution in [0.15, 0.2) is 65.5 Å². The zero-order valence-electron chi connectivity index (χ0n) is 13.7. The van der Waals surface area contributed by atoms with Crippen molar-refractivity contribution < 1.29 is 4.74 Å². The lowest BCUT2D eigenvalue weighted by atomic mass is 10.1. The maximum Gasteiger partial charge on any atom is 0.274 e. The summed E-state index contributed by atoms with van der Waals surface area (Å²) in [7, 11) is 1.66. The molecule has 4 heteroatoms. The van der Waals surface area contributed by atoms with Crippen LogP contribution in [0.1, 0.15) is 11.3 Å². The van der Waals surface area contributed by atoms with Crippen molar-refractivity contribution >= 4 is 34.0 Å². The van der Waals surface area contributed by atoms with Crippen LogP contribution in [0.2, 0.25) is 0 Å². The lowest BCUT2D eigenvalue weighted by Gasteiger charge is -2.03. The molecule has 3 aromatic carbocycles. The molecule has 0 bridgehead atoms. The van der Waals surface area contributed by atoms with Crippen LogP contribution in [0.5, 0.6) is 5.75 Å². The second-order valence-corrected chi connectivity index (χ2v) is 5.77. The summed E-state index contributed by atoms with van der Waals surface area (Å²) in [6.45, 7) is 0. The van der Waals surface area contributed by atoms with Gasteiger partial charge in [0.1, 0.15) is 11.4 Å². The van der Waals surface area contributed by atoms with E-state index in [9.17, 15) is 4.79 Å². The van der Waals surface area contributed by atoms with Crippen molar-refractivity contribution in [2.75, 3.05) is 7.11 Å². The first-order valence-electron chi connectivity index (χ1n) is 7.98. The Labute approximate surface area is 144 Å². The van der Waals surface area contributed by atoms with Gasteiger partial charge >= 0.3 is 0 Å². The largest absolute Gasteiger partial charge is 0.497 e. The predicted molar refractivity (Wildman–Crippen MR) is 102 cm³/mol. The third kappa shape index (κ3) is 3.02. The van der Waals surface area contributed by atoms with Crippen LogP contribution in [-0.4, -0.2) is 17.1 Å². The van der Waals surface area contributed by atoms with Gasteiger partial charge in [0.05, 0.1) is 18.1 Å². The molecule has 0 aliphatic rings. The van der Waals surface area contributed by atoms with Gasteiger partial charge in [-0.05, 0) is 52.7 Å². The van der Waals surface area contributed by atoms with Gasteiger partial charge in [0, 0.05) is 0 Å². The van der Waals surface area contributed by atoms with E-state index in [2.05, 4.69) is 16.0 Å². The molecule has 4 nitrogen and oxygen atoms in total. The van der Waals surface area contributed by atoms with Crippen molar-refractivity contribution in [3.63, 3.8) is 0 Å². The molecule has 25 heavy (non-hydrogen) atoms. The number of rotatable bonds is 3. The second kappa shape index (κ2) is 6.24. The molecule has 1 N–H and O–H groups in total. The number of aromatic amines is 1. The molecule has 0 aliphatic heterocycles. The number of ether oxygens (including phenoxy) is 1. The SMILES string of the molecule is COc1ccc2cc(/C=C/c3nc4ccccc4[nH]c3=O)ccc2c1. The van der Waals surface area contributed by atoms with E-state index >= 15 is 0 Å². The van der Waals surface area contributed by atoms with Crippen molar-refractivity contribution in [2.24, 2.45) is 0 Å². The van der Waals surface area contributed by atoms with E-state index in [1.54, 1.807) is 13.2 Å². The quantitative estimate of drug-likeness (QED) is 0.611. The number of hydrogen-bond acceptors (Lipinski definition) is 3. The maximum absolute atomic E-state index is 12.2. The maximum atomic E-state index is 12.2.